The Balaban J connectivity index is 1.31. The molecule has 5 heteroatoms. The van der Waals surface area contributed by atoms with Gasteiger partial charge in [0.05, 0.1) is 27.2 Å². The molecule has 4 rings (SSSR count). The van der Waals surface area contributed by atoms with E-state index in [9.17, 15) is 9.18 Å². The zero-order valence-corrected chi connectivity index (χ0v) is 19.0. The smallest absolute Gasteiger partial charge is 0.306 e. The molecule has 0 bridgehead atoms. The molecule has 0 N–H and O–H groups in total. The fourth-order valence-electron chi connectivity index (χ4n) is 4.97. The molecule has 1 atom stereocenters. The molecule has 2 saturated carbocycles. The van der Waals surface area contributed by atoms with Crippen molar-refractivity contribution in [3.8, 4) is 11.5 Å². The molecule has 0 radical (unpaired) electrons. The van der Waals surface area contributed by atoms with Crippen LogP contribution in [0.2, 0.25) is 0 Å². The van der Waals surface area contributed by atoms with Gasteiger partial charge in [-0.25, -0.2) is 4.39 Å². The number of halogens is 1. The summed E-state index contributed by atoms with van der Waals surface area (Å²) >= 11 is 0. The van der Waals surface area contributed by atoms with Crippen LogP contribution < -0.4 is 9.47 Å². The first-order valence-corrected chi connectivity index (χ1v) is 11.7. The topological polar surface area (TPSA) is 44.8 Å². The lowest BCUT2D eigenvalue weighted by Gasteiger charge is -2.29. The Labute approximate surface area is 190 Å². The summed E-state index contributed by atoms with van der Waals surface area (Å²) in [5.41, 5.74) is 1.93. The number of esters is 1. The van der Waals surface area contributed by atoms with E-state index in [0.717, 1.165) is 42.6 Å². The second-order valence-electron chi connectivity index (χ2n) is 9.21. The number of hydrogen-bond donors (Lipinski definition) is 0. The first-order chi connectivity index (χ1) is 15.6. The predicted octanol–water partition coefficient (Wildman–Crippen LogP) is 6.24. The van der Waals surface area contributed by atoms with Crippen molar-refractivity contribution in [2.24, 2.45) is 11.8 Å². The molecule has 4 nitrogen and oxygen atoms in total. The van der Waals surface area contributed by atoms with Gasteiger partial charge in [-0.2, -0.15) is 0 Å². The number of ether oxygens (including phenoxy) is 3. The number of hydrogen-bond acceptors (Lipinski definition) is 4. The van der Waals surface area contributed by atoms with Gasteiger partial charge in [0.2, 0.25) is 0 Å². The van der Waals surface area contributed by atoms with Crippen LogP contribution in [0, 0.1) is 17.7 Å². The van der Waals surface area contributed by atoms with E-state index in [2.05, 4.69) is 12.1 Å². The molecule has 1 unspecified atom stereocenters. The summed E-state index contributed by atoms with van der Waals surface area (Å²) in [5, 5.41) is 0. The largest absolute Gasteiger partial charge is 0.497 e. The van der Waals surface area contributed by atoms with Gasteiger partial charge in [0.15, 0.2) is 0 Å². The quantitative estimate of drug-likeness (QED) is 0.433. The summed E-state index contributed by atoms with van der Waals surface area (Å²) in [6, 6.07) is 13.2. The normalized spacial score (nSPS) is 21.6. The summed E-state index contributed by atoms with van der Waals surface area (Å²) in [7, 11) is 3.06. The summed E-state index contributed by atoms with van der Waals surface area (Å²) < 4.78 is 30.6. The van der Waals surface area contributed by atoms with Crippen LogP contribution in [0.25, 0.3) is 0 Å². The maximum Gasteiger partial charge on any atom is 0.306 e. The molecule has 0 aliphatic heterocycles. The number of benzene rings is 2. The van der Waals surface area contributed by atoms with Crippen molar-refractivity contribution in [2.75, 3.05) is 20.8 Å². The van der Waals surface area contributed by atoms with Gasteiger partial charge in [0.25, 0.3) is 0 Å². The molecule has 2 fully saturated rings. The average Bonchev–Trinajstić information content (AvgIpc) is 3.67. The molecule has 0 saturated heterocycles. The lowest BCUT2D eigenvalue weighted by molar-refractivity contribution is -0.141. The molecule has 172 valence electrons. The molecular formula is C27H33FO4. The standard InChI is InChI=1S/C27H33FO4/c1-30-22-12-13-26(28)25(15-22)20-8-6-18(7-9-20)17-32-23-5-3-4-21(14-23)24(19-10-11-19)16-27(29)31-2/h3-5,12-15,18-20,24H,6-11,16-17H2,1-2H3/t18-,20+,24?. The van der Waals surface area contributed by atoms with Gasteiger partial charge in [-0.3, -0.25) is 4.79 Å². The molecule has 0 aromatic heterocycles. The Morgan fingerprint density at radius 3 is 2.47 bits per heavy atom. The Morgan fingerprint density at radius 2 is 1.78 bits per heavy atom. The average molecular weight is 441 g/mol. The van der Waals surface area contributed by atoms with Crippen LogP contribution in [0.1, 0.15) is 67.9 Å². The van der Waals surface area contributed by atoms with Gasteiger partial charge >= 0.3 is 5.97 Å². The van der Waals surface area contributed by atoms with Crippen molar-refractivity contribution in [1.82, 2.24) is 0 Å². The summed E-state index contributed by atoms with van der Waals surface area (Å²) in [6.07, 6.45) is 6.73. The first-order valence-electron chi connectivity index (χ1n) is 11.7. The Bertz CT molecular complexity index is 916. The van der Waals surface area contributed by atoms with Gasteiger partial charge < -0.3 is 14.2 Å². The van der Waals surface area contributed by atoms with Crippen molar-refractivity contribution >= 4 is 5.97 Å². The molecule has 2 aliphatic rings. The maximum absolute atomic E-state index is 14.3. The highest BCUT2D eigenvalue weighted by Crippen LogP contribution is 2.45. The second-order valence-corrected chi connectivity index (χ2v) is 9.21. The van der Waals surface area contributed by atoms with Crippen molar-refractivity contribution in [1.29, 1.82) is 0 Å². The van der Waals surface area contributed by atoms with Crippen molar-refractivity contribution in [3.05, 3.63) is 59.4 Å². The number of methoxy groups -OCH3 is 2. The van der Waals surface area contributed by atoms with Gasteiger partial charge in [-0.15, -0.1) is 0 Å². The minimum absolute atomic E-state index is 0.139. The molecule has 2 aromatic rings. The number of carbonyl (C=O) groups excluding carboxylic acids is 1. The first kappa shape index (κ1) is 22.6. The Morgan fingerprint density at radius 1 is 1.00 bits per heavy atom. The van der Waals surface area contributed by atoms with Crippen LogP contribution in [-0.2, 0) is 9.53 Å². The Kier molecular flexibility index (Phi) is 7.33. The summed E-state index contributed by atoms with van der Waals surface area (Å²) in [4.78, 5) is 11.8. The van der Waals surface area contributed by atoms with Crippen LogP contribution in [0.15, 0.2) is 42.5 Å². The third-order valence-electron chi connectivity index (χ3n) is 7.07. The highest BCUT2D eigenvalue weighted by molar-refractivity contribution is 5.70. The molecule has 2 aromatic carbocycles. The van der Waals surface area contributed by atoms with Crippen molar-refractivity contribution in [2.45, 2.75) is 56.8 Å². The zero-order valence-electron chi connectivity index (χ0n) is 19.0. The van der Waals surface area contributed by atoms with E-state index < -0.39 is 0 Å². The maximum atomic E-state index is 14.3. The highest BCUT2D eigenvalue weighted by atomic mass is 19.1. The fraction of sp³-hybridized carbons (Fsp3) is 0.519. The molecular weight excluding hydrogens is 407 g/mol. The second kappa shape index (κ2) is 10.4. The SMILES string of the molecule is COC(=O)CC(c1cccc(OC[C@H]2CC[C@@H](c3cc(OC)ccc3F)CC2)c1)C1CC1. The fourth-order valence-corrected chi connectivity index (χ4v) is 4.97. The van der Waals surface area contributed by atoms with Gasteiger partial charge in [-0.1, -0.05) is 12.1 Å². The van der Waals surface area contributed by atoms with E-state index in [4.69, 9.17) is 14.2 Å². The van der Waals surface area contributed by atoms with Gasteiger partial charge in [0, 0.05) is 0 Å². The van der Waals surface area contributed by atoms with Gasteiger partial charge in [0.1, 0.15) is 17.3 Å². The van der Waals surface area contributed by atoms with E-state index in [-0.39, 0.29) is 23.6 Å². The van der Waals surface area contributed by atoms with E-state index in [1.54, 1.807) is 13.2 Å². The minimum Gasteiger partial charge on any atom is -0.497 e. The molecule has 2 aliphatic carbocycles. The third-order valence-corrected chi connectivity index (χ3v) is 7.07. The number of rotatable bonds is 9. The summed E-state index contributed by atoms with van der Waals surface area (Å²) in [6.45, 7) is 0.669. The minimum atomic E-state index is -0.155. The Hall–Kier alpha value is -2.56. The van der Waals surface area contributed by atoms with Crippen LogP contribution in [0.5, 0.6) is 11.5 Å². The molecule has 0 amide bonds. The van der Waals surface area contributed by atoms with Crippen LogP contribution in [0.4, 0.5) is 4.39 Å². The van der Waals surface area contributed by atoms with Gasteiger partial charge in [-0.05, 0) is 104 Å². The third kappa shape index (κ3) is 5.62. The van der Waals surface area contributed by atoms with Crippen LogP contribution in [0.3, 0.4) is 0 Å². The van der Waals surface area contributed by atoms with E-state index >= 15 is 0 Å². The van der Waals surface area contributed by atoms with Crippen molar-refractivity contribution < 1.29 is 23.4 Å². The number of carbonyl (C=O) groups is 1. The predicted molar refractivity (Wildman–Crippen MR) is 122 cm³/mol. The summed E-state index contributed by atoms with van der Waals surface area (Å²) in [5.74, 6) is 2.76. The highest BCUT2D eigenvalue weighted by Gasteiger charge is 2.34. The molecule has 0 spiro atoms. The van der Waals surface area contributed by atoms with Crippen LogP contribution in [-0.4, -0.2) is 26.8 Å². The lowest BCUT2D eigenvalue weighted by atomic mass is 9.79. The van der Waals surface area contributed by atoms with E-state index in [0.29, 0.717) is 30.6 Å². The monoisotopic (exact) mass is 440 g/mol. The van der Waals surface area contributed by atoms with Crippen LogP contribution >= 0.6 is 0 Å². The lowest BCUT2D eigenvalue weighted by Crippen LogP contribution is -2.20. The van der Waals surface area contributed by atoms with E-state index in [1.807, 2.05) is 18.2 Å². The zero-order chi connectivity index (χ0) is 22.5. The van der Waals surface area contributed by atoms with Crippen molar-refractivity contribution in [3.63, 3.8) is 0 Å². The van der Waals surface area contributed by atoms with E-state index in [1.165, 1.54) is 26.0 Å². The molecule has 0 heterocycles. The molecule has 32 heavy (non-hydrogen) atoms.